The summed E-state index contributed by atoms with van der Waals surface area (Å²) in [6, 6.07) is 12.3. The molecular formula is C18H16N2O. The minimum absolute atomic E-state index is 0.889. The first-order chi connectivity index (χ1) is 10.3. The van der Waals surface area contributed by atoms with Crippen LogP contribution in [0.1, 0.15) is 18.1 Å². The van der Waals surface area contributed by atoms with E-state index in [4.69, 9.17) is 9.40 Å². The van der Waals surface area contributed by atoms with Crippen molar-refractivity contribution in [3.05, 3.63) is 59.9 Å². The van der Waals surface area contributed by atoms with Gasteiger partial charge in [-0.25, -0.2) is 4.98 Å². The predicted molar refractivity (Wildman–Crippen MR) is 84.5 cm³/mol. The number of rotatable bonds is 2. The van der Waals surface area contributed by atoms with Crippen LogP contribution in [0.2, 0.25) is 0 Å². The maximum atomic E-state index is 6.06. The van der Waals surface area contributed by atoms with Crippen LogP contribution in [0, 0.1) is 6.92 Å². The van der Waals surface area contributed by atoms with Crippen LogP contribution in [-0.4, -0.2) is 9.38 Å². The zero-order valence-corrected chi connectivity index (χ0v) is 12.1. The smallest absolute Gasteiger partial charge is 0.158 e. The second-order valence-electron chi connectivity index (χ2n) is 5.36. The highest BCUT2D eigenvalue weighted by Crippen LogP contribution is 2.33. The van der Waals surface area contributed by atoms with Crippen LogP contribution in [0.4, 0.5) is 0 Å². The summed E-state index contributed by atoms with van der Waals surface area (Å²) >= 11 is 0. The molecule has 1 aromatic carbocycles. The van der Waals surface area contributed by atoms with E-state index in [1.54, 1.807) is 0 Å². The number of imidazole rings is 1. The minimum atomic E-state index is 0.889. The van der Waals surface area contributed by atoms with Crippen LogP contribution in [0.25, 0.3) is 28.1 Å². The third-order valence-corrected chi connectivity index (χ3v) is 3.88. The van der Waals surface area contributed by atoms with Gasteiger partial charge in [0.25, 0.3) is 0 Å². The molecule has 0 aliphatic carbocycles. The zero-order valence-electron chi connectivity index (χ0n) is 12.1. The van der Waals surface area contributed by atoms with Crippen molar-refractivity contribution in [3.8, 4) is 11.5 Å². The molecule has 0 atom stereocenters. The molecule has 3 heterocycles. The topological polar surface area (TPSA) is 30.4 Å². The molecule has 0 unspecified atom stereocenters. The molecule has 3 heteroatoms. The standard InChI is InChI=1S/C18H16N2O/c1-3-13-14-6-4-5-7-16(14)21-18(13)15-11-20-10-12(2)8-9-17(20)19-15/h4-11H,3H2,1-2H3. The van der Waals surface area contributed by atoms with Crippen molar-refractivity contribution in [1.29, 1.82) is 0 Å². The quantitative estimate of drug-likeness (QED) is 0.535. The normalized spacial score (nSPS) is 11.5. The molecule has 4 rings (SSSR count). The number of pyridine rings is 1. The lowest BCUT2D eigenvalue weighted by molar-refractivity contribution is 0.625. The Kier molecular flexibility index (Phi) is 2.61. The first kappa shape index (κ1) is 12.2. The molecule has 0 fully saturated rings. The highest BCUT2D eigenvalue weighted by molar-refractivity contribution is 5.87. The molecule has 104 valence electrons. The second-order valence-corrected chi connectivity index (χ2v) is 5.36. The van der Waals surface area contributed by atoms with Crippen molar-refractivity contribution in [2.45, 2.75) is 20.3 Å². The van der Waals surface area contributed by atoms with E-state index in [1.807, 2.05) is 30.5 Å². The van der Waals surface area contributed by atoms with Crippen LogP contribution in [0.3, 0.4) is 0 Å². The molecule has 0 bridgehead atoms. The number of benzene rings is 1. The largest absolute Gasteiger partial charge is 0.454 e. The van der Waals surface area contributed by atoms with Gasteiger partial charge in [-0.3, -0.25) is 0 Å². The third kappa shape index (κ3) is 1.85. The van der Waals surface area contributed by atoms with Gasteiger partial charge in [-0.2, -0.15) is 0 Å². The average Bonchev–Trinajstić information content (AvgIpc) is 3.06. The monoisotopic (exact) mass is 276 g/mol. The number of aryl methyl sites for hydroxylation is 2. The number of para-hydroxylation sites is 1. The van der Waals surface area contributed by atoms with Crippen molar-refractivity contribution >= 4 is 16.6 Å². The first-order valence-corrected chi connectivity index (χ1v) is 7.22. The SMILES string of the molecule is CCc1c(-c2cn3cc(C)ccc3n2)oc2ccccc12. The van der Waals surface area contributed by atoms with Gasteiger partial charge in [0, 0.05) is 23.3 Å². The predicted octanol–water partition coefficient (Wildman–Crippen LogP) is 4.62. The Labute approximate surface area is 122 Å². The van der Waals surface area contributed by atoms with Crippen molar-refractivity contribution in [2.24, 2.45) is 0 Å². The van der Waals surface area contributed by atoms with Crippen molar-refractivity contribution < 1.29 is 4.42 Å². The van der Waals surface area contributed by atoms with E-state index in [9.17, 15) is 0 Å². The summed E-state index contributed by atoms with van der Waals surface area (Å²) in [6.45, 7) is 4.23. The van der Waals surface area contributed by atoms with E-state index >= 15 is 0 Å². The van der Waals surface area contributed by atoms with Crippen LogP contribution in [0.15, 0.2) is 53.2 Å². The number of nitrogens with zero attached hydrogens (tertiary/aromatic N) is 2. The molecule has 0 amide bonds. The van der Waals surface area contributed by atoms with Crippen LogP contribution in [-0.2, 0) is 6.42 Å². The lowest BCUT2D eigenvalue weighted by Gasteiger charge is -1.95. The summed E-state index contributed by atoms with van der Waals surface area (Å²) < 4.78 is 8.11. The molecule has 21 heavy (non-hydrogen) atoms. The van der Waals surface area contributed by atoms with E-state index in [0.717, 1.165) is 29.1 Å². The Hall–Kier alpha value is -2.55. The first-order valence-electron chi connectivity index (χ1n) is 7.22. The number of fused-ring (bicyclic) bond motifs is 2. The summed E-state index contributed by atoms with van der Waals surface area (Å²) in [6.07, 6.45) is 5.05. The van der Waals surface area contributed by atoms with Crippen molar-refractivity contribution in [3.63, 3.8) is 0 Å². The van der Waals surface area contributed by atoms with Gasteiger partial charge in [-0.05, 0) is 31.0 Å². The number of hydrogen-bond donors (Lipinski definition) is 0. The Morgan fingerprint density at radius 2 is 1.95 bits per heavy atom. The zero-order chi connectivity index (χ0) is 14.4. The van der Waals surface area contributed by atoms with Crippen LogP contribution in [0.5, 0.6) is 0 Å². The third-order valence-electron chi connectivity index (χ3n) is 3.88. The van der Waals surface area contributed by atoms with Gasteiger partial charge in [0.05, 0.1) is 0 Å². The van der Waals surface area contributed by atoms with Crippen molar-refractivity contribution in [1.82, 2.24) is 9.38 Å². The number of furan rings is 1. The van der Waals surface area contributed by atoms with E-state index in [1.165, 1.54) is 16.5 Å². The summed E-state index contributed by atoms with van der Waals surface area (Å²) in [5.41, 5.74) is 5.21. The summed E-state index contributed by atoms with van der Waals surface area (Å²) in [7, 11) is 0. The van der Waals surface area contributed by atoms with Gasteiger partial charge >= 0.3 is 0 Å². The fourth-order valence-corrected chi connectivity index (χ4v) is 2.87. The molecule has 3 nitrogen and oxygen atoms in total. The molecule has 4 aromatic rings. The van der Waals surface area contributed by atoms with Gasteiger partial charge < -0.3 is 8.82 Å². The van der Waals surface area contributed by atoms with Crippen LogP contribution < -0.4 is 0 Å². The van der Waals surface area contributed by atoms with Crippen molar-refractivity contribution in [2.75, 3.05) is 0 Å². The van der Waals surface area contributed by atoms with E-state index < -0.39 is 0 Å². The molecule has 0 spiro atoms. The Morgan fingerprint density at radius 1 is 1.10 bits per heavy atom. The highest BCUT2D eigenvalue weighted by Gasteiger charge is 2.16. The molecule has 0 aliphatic rings. The lowest BCUT2D eigenvalue weighted by atomic mass is 10.1. The molecule has 0 saturated carbocycles. The molecule has 0 saturated heterocycles. The van der Waals surface area contributed by atoms with Gasteiger partial charge in [0.2, 0.25) is 0 Å². The van der Waals surface area contributed by atoms with Crippen LogP contribution >= 0.6 is 0 Å². The lowest BCUT2D eigenvalue weighted by Crippen LogP contribution is -1.82. The summed E-state index contributed by atoms with van der Waals surface area (Å²) in [5.74, 6) is 0.889. The Balaban J connectivity index is 1.99. The molecular weight excluding hydrogens is 260 g/mol. The average molecular weight is 276 g/mol. The summed E-state index contributed by atoms with van der Waals surface area (Å²) in [5, 5.41) is 1.18. The molecule has 0 radical (unpaired) electrons. The molecule has 0 N–H and O–H groups in total. The maximum Gasteiger partial charge on any atom is 0.158 e. The fourth-order valence-electron chi connectivity index (χ4n) is 2.87. The Bertz CT molecular complexity index is 946. The van der Waals surface area contributed by atoms with Gasteiger partial charge in [-0.1, -0.05) is 31.2 Å². The van der Waals surface area contributed by atoms with E-state index in [2.05, 4.69) is 36.6 Å². The van der Waals surface area contributed by atoms with Gasteiger partial charge in [0.1, 0.15) is 16.9 Å². The molecule has 0 aliphatic heterocycles. The van der Waals surface area contributed by atoms with Gasteiger partial charge in [0.15, 0.2) is 5.76 Å². The molecule has 3 aromatic heterocycles. The number of hydrogen-bond acceptors (Lipinski definition) is 2. The maximum absolute atomic E-state index is 6.06. The fraction of sp³-hybridized carbons (Fsp3) is 0.167. The second kappa shape index (κ2) is 4.48. The minimum Gasteiger partial charge on any atom is -0.454 e. The highest BCUT2D eigenvalue weighted by atomic mass is 16.3. The Morgan fingerprint density at radius 3 is 2.81 bits per heavy atom. The van der Waals surface area contributed by atoms with E-state index in [0.29, 0.717) is 0 Å². The van der Waals surface area contributed by atoms with Gasteiger partial charge in [-0.15, -0.1) is 0 Å². The summed E-state index contributed by atoms with van der Waals surface area (Å²) in [4.78, 5) is 4.70. The number of aromatic nitrogens is 2. The van der Waals surface area contributed by atoms with E-state index in [-0.39, 0.29) is 0 Å².